The Balaban J connectivity index is 1.21. The van der Waals surface area contributed by atoms with Crippen LogP contribution in [0, 0.1) is 0 Å². The molecule has 2 nitrogen and oxygen atoms in total. The second kappa shape index (κ2) is 12.3. The first-order valence-corrected chi connectivity index (χ1v) is 19.1. The molecule has 0 N–H and O–H groups in total. The Morgan fingerprint density at radius 1 is 0.521 bits per heavy atom. The van der Waals surface area contributed by atoms with E-state index in [4.69, 9.17) is 9.47 Å². The molecule has 8 rings (SSSR count). The first kappa shape index (κ1) is 30.5. The number of ether oxygens (including phenoxy) is 2. The molecule has 237 valence electrons. The summed E-state index contributed by atoms with van der Waals surface area (Å²) < 4.78 is 11.8. The van der Waals surface area contributed by atoms with Crippen LogP contribution in [-0.4, -0.2) is 23.0 Å². The Morgan fingerprint density at radius 3 is 1.35 bits per heavy atom. The van der Waals surface area contributed by atoms with Crippen LogP contribution in [0.25, 0.3) is 21.5 Å². The third kappa shape index (κ3) is 4.83. The molecule has 0 heterocycles. The van der Waals surface area contributed by atoms with Crippen LogP contribution in [0.1, 0.15) is 36.8 Å². The summed E-state index contributed by atoms with van der Waals surface area (Å²) in [4.78, 5) is 0. The van der Waals surface area contributed by atoms with Crippen LogP contribution in [0.5, 0.6) is 11.5 Å². The van der Waals surface area contributed by atoms with Gasteiger partial charge in [-0.1, -0.05) is 139 Å². The van der Waals surface area contributed by atoms with Crippen LogP contribution >= 0.6 is 0 Å². The van der Waals surface area contributed by atoms with Crippen LogP contribution in [-0.2, 0) is 0 Å². The number of benzene rings is 4. The Labute approximate surface area is 286 Å². The van der Waals surface area contributed by atoms with E-state index in [-0.39, 0.29) is 11.8 Å². The number of allylic oxidation sites excluding steroid dienone is 16. The van der Waals surface area contributed by atoms with Crippen LogP contribution < -0.4 is 9.47 Å². The Hall–Kier alpha value is -4.86. The van der Waals surface area contributed by atoms with E-state index in [1.807, 2.05) is 0 Å². The Bertz CT molecular complexity index is 2050. The number of rotatable bonds is 6. The minimum absolute atomic E-state index is 0.160. The molecule has 4 unspecified atom stereocenters. The molecule has 0 bridgehead atoms. The van der Waals surface area contributed by atoms with Crippen molar-refractivity contribution >= 4 is 30.3 Å². The van der Waals surface area contributed by atoms with E-state index in [0.29, 0.717) is 11.1 Å². The summed E-state index contributed by atoms with van der Waals surface area (Å²) in [6.07, 6.45) is 23.6. The molecule has 0 aliphatic heterocycles. The van der Waals surface area contributed by atoms with Gasteiger partial charge in [-0.15, -0.1) is 0 Å². The monoisotopic (exact) mass is 641 g/mol. The van der Waals surface area contributed by atoms with Gasteiger partial charge < -0.3 is 9.47 Å². The van der Waals surface area contributed by atoms with Crippen LogP contribution in [0.15, 0.2) is 167 Å². The molecule has 0 fully saturated rings. The second-order valence-electron chi connectivity index (χ2n) is 13.5. The predicted octanol–water partition coefficient (Wildman–Crippen LogP) is 11.5. The summed E-state index contributed by atoms with van der Waals surface area (Å²) in [5, 5.41) is 4.85. The van der Waals surface area contributed by atoms with Gasteiger partial charge in [0.1, 0.15) is 11.5 Å². The molecular weight excluding hydrogens is 601 g/mol. The molecule has 0 saturated carbocycles. The van der Waals surface area contributed by atoms with Crippen molar-refractivity contribution in [3.05, 3.63) is 178 Å². The molecule has 4 aliphatic carbocycles. The number of fused-ring (bicyclic) bond motifs is 2. The number of hydrogen-bond donors (Lipinski definition) is 0. The summed E-state index contributed by atoms with van der Waals surface area (Å²) in [7, 11) is 2.57. The first-order valence-electron chi connectivity index (χ1n) is 17.0. The van der Waals surface area contributed by atoms with Gasteiger partial charge in [-0.2, -0.15) is 0 Å². The van der Waals surface area contributed by atoms with Gasteiger partial charge in [0.15, 0.2) is 0 Å². The molecule has 0 spiro atoms. The van der Waals surface area contributed by atoms with Crippen molar-refractivity contribution in [2.45, 2.75) is 43.3 Å². The molecule has 1 radical (unpaired) electrons. The number of methoxy groups -OCH3 is 2. The molecular formula is C45H41O2Si. The molecule has 0 aromatic heterocycles. The highest BCUT2D eigenvalue weighted by atomic mass is 28.3. The average molecular weight is 642 g/mol. The zero-order chi connectivity index (χ0) is 32.9. The maximum atomic E-state index is 5.90. The maximum Gasteiger partial charge on any atom is 0.126 e. The molecule has 4 aromatic rings. The molecule has 4 aliphatic rings. The summed E-state index contributed by atoms with van der Waals surface area (Å²) >= 11 is 0. The van der Waals surface area contributed by atoms with Crippen molar-refractivity contribution in [1.82, 2.24) is 0 Å². The highest BCUT2D eigenvalue weighted by molar-refractivity contribution is 6.64. The summed E-state index contributed by atoms with van der Waals surface area (Å²) in [6.45, 7) is 7.31. The summed E-state index contributed by atoms with van der Waals surface area (Å²) in [6, 6.07) is 26.1. The molecule has 3 heteroatoms. The average Bonchev–Trinajstić information content (AvgIpc) is 3.42. The Morgan fingerprint density at radius 2 is 0.938 bits per heavy atom. The predicted molar refractivity (Wildman–Crippen MR) is 204 cm³/mol. The molecule has 0 saturated heterocycles. The van der Waals surface area contributed by atoms with E-state index in [0.717, 1.165) is 11.5 Å². The lowest BCUT2D eigenvalue weighted by Gasteiger charge is -2.30. The van der Waals surface area contributed by atoms with Gasteiger partial charge in [0, 0.05) is 22.6 Å². The smallest absolute Gasteiger partial charge is 0.126 e. The summed E-state index contributed by atoms with van der Waals surface area (Å²) in [5.41, 5.74) is 12.2. The quantitative estimate of drug-likeness (QED) is 0.195. The van der Waals surface area contributed by atoms with Crippen molar-refractivity contribution in [1.29, 1.82) is 0 Å². The normalized spacial score (nSPS) is 23.0. The Kier molecular flexibility index (Phi) is 7.81. The van der Waals surface area contributed by atoms with E-state index >= 15 is 0 Å². The van der Waals surface area contributed by atoms with Gasteiger partial charge >= 0.3 is 0 Å². The SMILES string of the molecule is COc1cccc2cccc(C3C=CC=CC4=C3C=C(C)C4[Si](C)C3C(C)=CC4=C3C=CC=CC4c3cccc4cccc(OC)c34)c12. The first-order chi connectivity index (χ1) is 23.5. The topological polar surface area (TPSA) is 18.5 Å². The van der Waals surface area contributed by atoms with E-state index in [1.165, 1.54) is 66.1 Å². The lowest BCUT2D eigenvalue weighted by atomic mass is 9.86. The minimum Gasteiger partial charge on any atom is -0.496 e. The molecule has 48 heavy (non-hydrogen) atoms. The van der Waals surface area contributed by atoms with E-state index in [2.05, 4.69) is 154 Å². The lowest BCUT2D eigenvalue weighted by Crippen LogP contribution is -2.25. The zero-order valence-electron chi connectivity index (χ0n) is 28.3. The van der Waals surface area contributed by atoms with Gasteiger partial charge in [-0.3, -0.25) is 0 Å². The van der Waals surface area contributed by atoms with Gasteiger partial charge in [0.05, 0.1) is 23.0 Å². The fourth-order valence-corrected chi connectivity index (χ4v) is 12.3. The third-order valence-electron chi connectivity index (χ3n) is 10.8. The molecule has 4 aromatic carbocycles. The van der Waals surface area contributed by atoms with Crippen LogP contribution in [0.4, 0.5) is 0 Å². The van der Waals surface area contributed by atoms with Crippen molar-refractivity contribution in [3.63, 3.8) is 0 Å². The van der Waals surface area contributed by atoms with E-state index in [1.54, 1.807) is 14.2 Å². The largest absolute Gasteiger partial charge is 0.496 e. The highest BCUT2D eigenvalue weighted by Gasteiger charge is 2.41. The van der Waals surface area contributed by atoms with Gasteiger partial charge in [0.25, 0.3) is 0 Å². The number of hydrogen-bond acceptors (Lipinski definition) is 2. The standard InChI is InChI=1S/C45H41O2Si/c1-28-26-38-32(34-22-10-14-30-16-12-24-40(46-3)42(30)34)18-6-8-20-36(38)44(28)48(5)45-29(2)27-39-33(19-7-9-21-37(39)45)35-23-11-15-31-17-13-25-41(47-4)43(31)35/h6-27,32-33,44-45H,1-5H3. The van der Waals surface area contributed by atoms with Crippen molar-refractivity contribution in [3.8, 4) is 11.5 Å². The van der Waals surface area contributed by atoms with Gasteiger partial charge in [-0.25, -0.2) is 0 Å². The lowest BCUT2D eigenvalue weighted by molar-refractivity contribution is 0.419. The fourth-order valence-electron chi connectivity index (χ4n) is 8.89. The molecule has 0 amide bonds. The van der Waals surface area contributed by atoms with E-state index in [9.17, 15) is 0 Å². The zero-order valence-corrected chi connectivity index (χ0v) is 29.3. The third-order valence-corrected chi connectivity index (χ3v) is 14.2. The minimum atomic E-state index is -0.990. The summed E-state index contributed by atoms with van der Waals surface area (Å²) in [5.74, 6) is 2.19. The van der Waals surface area contributed by atoms with Gasteiger partial charge in [-0.05, 0) is 81.3 Å². The highest BCUT2D eigenvalue weighted by Crippen LogP contribution is 2.54. The van der Waals surface area contributed by atoms with Crippen molar-refractivity contribution < 1.29 is 9.47 Å². The van der Waals surface area contributed by atoms with Crippen molar-refractivity contribution in [2.24, 2.45) is 0 Å². The van der Waals surface area contributed by atoms with Crippen molar-refractivity contribution in [2.75, 3.05) is 14.2 Å². The maximum absolute atomic E-state index is 5.90. The fraction of sp³-hybridized carbons (Fsp3) is 0.200. The van der Waals surface area contributed by atoms with E-state index < -0.39 is 8.80 Å². The second-order valence-corrected chi connectivity index (χ2v) is 16.1. The van der Waals surface area contributed by atoms with Crippen LogP contribution in [0.3, 0.4) is 0 Å². The van der Waals surface area contributed by atoms with Crippen LogP contribution in [0.2, 0.25) is 17.6 Å². The van der Waals surface area contributed by atoms with Gasteiger partial charge in [0.2, 0.25) is 0 Å². The molecule has 4 atom stereocenters.